The van der Waals surface area contributed by atoms with Crippen molar-refractivity contribution in [3.63, 3.8) is 0 Å². The van der Waals surface area contributed by atoms with Gasteiger partial charge in [0.25, 0.3) is 5.92 Å². The van der Waals surface area contributed by atoms with E-state index in [9.17, 15) is 8.78 Å². The minimum absolute atomic E-state index is 0.0991. The zero-order chi connectivity index (χ0) is 26.6. The summed E-state index contributed by atoms with van der Waals surface area (Å²) in [5.74, 6) is -2.00. The number of likely N-dealkylation sites (N-methyl/N-ethyl adjacent to an activating group) is 1. The first-order valence-electron chi connectivity index (χ1n) is 13.1. The van der Waals surface area contributed by atoms with Crippen LogP contribution in [0.1, 0.15) is 12.0 Å². The third-order valence-corrected chi connectivity index (χ3v) is 7.63. The van der Waals surface area contributed by atoms with Gasteiger partial charge in [0.2, 0.25) is 0 Å². The molecule has 2 fully saturated rings. The number of halogens is 2. The normalized spacial score (nSPS) is 18.5. The van der Waals surface area contributed by atoms with Crippen LogP contribution in [0.4, 0.5) is 14.5 Å². The molecule has 2 aliphatic heterocycles. The maximum Gasteiger partial charge on any atom is 0.261 e. The average Bonchev–Trinajstić information content (AvgIpc) is 3.64. The van der Waals surface area contributed by atoms with Crippen LogP contribution < -0.4 is 4.90 Å². The van der Waals surface area contributed by atoms with Gasteiger partial charge < -0.3 is 14.8 Å². The number of aromatic amines is 2. The molecule has 0 atom stereocenters. The highest BCUT2D eigenvalue weighted by Gasteiger charge is 2.37. The highest BCUT2D eigenvalue weighted by Crippen LogP contribution is 2.32. The average molecular weight is 531 g/mol. The Morgan fingerprint density at radius 1 is 0.974 bits per heavy atom. The number of alkyl halides is 2. The molecule has 0 bridgehead atoms. The summed E-state index contributed by atoms with van der Waals surface area (Å²) in [6, 6.07) is 6.01. The zero-order valence-corrected chi connectivity index (χ0v) is 21.5. The fraction of sp³-hybridized carbons (Fsp3) is 0.370. The van der Waals surface area contributed by atoms with E-state index in [2.05, 4.69) is 47.0 Å². The molecule has 0 amide bonds. The highest BCUT2D eigenvalue weighted by atomic mass is 19.3. The number of hydrogen-bond donors (Lipinski definition) is 2. The molecule has 0 spiro atoms. The predicted octanol–water partition coefficient (Wildman–Crippen LogP) is 3.55. The van der Waals surface area contributed by atoms with Gasteiger partial charge in [0.15, 0.2) is 17.1 Å². The van der Waals surface area contributed by atoms with E-state index < -0.39 is 5.92 Å². The molecule has 2 aliphatic rings. The Hall–Kier alpha value is -4.03. The largest absolute Gasteiger partial charge is 0.367 e. The van der Waals surface area contributed by atoms with Crippen molar-refractivity contribution < 1.29 is 8.78 Å². The Morgan fingerprint density at radius 3 is 2.64 bits per heavy atom. The van der Waals surface area contributed by atoms with E-state index in [0.29, 0.717) is 35.9 Å². The van der Waals surface area contributed by atoms with Crippen molar-refractivity contribution in [1.29, 1.82) is 0 Å². The quantitative estimate of drug-likeness (QED) is 0.356. The smallest absolute Gasteiger partial charge is 0.261 e. The van der Waals surface area contributed by atoms with Crippen molar-refractivity contribution in [3.05, 3.63) is 48.5 Å². The lowest BCUT2D eigenvalue weighted by Crippen LogP contribution is -2.44. The molecule has 5 aromatic rings. The molecule has 0 radical (unpaired) electrons. The second-order valence-electron chi connectivity index (χ2n) is 10.5. The number of nitrogens with zero attached hydrogens (tertiary/aromatic N) is 8. The molecule has 0 unspecified atom stereocenters. The lowest BCUT2D eigenvalue weighted by Gasteiger charge is -2.33. The van der Waals surface area contributed by atoms with E-state index in [0.717, 1.165) is 59.5 Å². The molecular formula is C27H28F2N10. The van der Waals surface area contributed by atoms with Gasteiger partial charge in [0.05, 0.1) is 17.6 Å². The van der Waals surface area contributed by atoms with Gasteiger partial charge in [-0.05, 0) is 30.8 Å². The van der Waals surface area contributed by atoms with Gasteiger partial charge in [-0.3, -0.25) is 15.0 Å². The van der Waals surface area contributed by atoms with E-state index in [-0.39, 0.29) is 13.0 Å². The van der Waals surface area contributed by atoms with Crippen LogP contribution in [-0.2, 0) is 6.54 Å². The summed E-state index contributed by atoms with van der Waals surface area (Å²) in [6.45, 7) is 4.47. The van der Waals surface area contributed by atoms with Crippen LogP contribution in [0.2, 0.25) is 0 Å². The topological polar surface area (TPSA) is 106 Å². The molecule has 7 rings (SSSR count). The number of anilines is 1. The highest BCUT2D eigenvalue weighted by molar-refractivity contribution is 5.95. The van der Waals surface area contributed by atoms with E-state index in [1.165, 1.54) is 0 Å². The summed E-state index contributed by atoms with van der Waals surface area (Å²) in [5.41, 5.74) is 6.51. The van der Waals surface area contributed by atoms with Crippen LogP contribution in [0.25, 0.3) is 44.8 Å². The van der Waals surface area contributed by atoms with E-state index >= 15 is 0 Å². The second kappa shape index (κ2) is 9.31. The van der Waals surface area contributed by atoms with Crippen molar-refractivity contribution in [1.82, 2.24) is 44.9 Å². The fourth-order valence-corrected chi connectivity index (χ4v) is 5.49. The summed E-state index contributed by atoms with van der Waals surface area (Å²) in [7, 11) is 2.14. The first kappa shape index (κ1) is 24.0. The number of aromatic nitrogens is 7. The first-order chi connectivity index (χ1) is 18.9. The van der Waals surface area contributed by atoms with Crippen molar-refractivity contribution >= 4 is 27.9 Å². The molecule has 39 heavy (non-hydrogen) atoms. The Kier molecular flexibility index (Phi) is 5.74. The van der Waals surface area contributed by atoms with Crippen molar-refractivity contribution in [2.75, 3.05) is 51.2 Å². The lowest BCUT2D eigenvalue weighted by atomic mass is 10.1. The SMILES string of the molecule is CN1CCN(c2ccnc3[nH]c(-c4n[nH]c5ncc(-c6cncc(CN7CCC(F)(F)C7)c6)cc45)nc23)CC1. The number of pyridine rings is 3. The maximum absolute atomic E-state index is 13.6. The molecule has 0 aliphatic carbocycles. The van der Waals surface area contributed by atoms with Gasteiger partial charge in [-0.25, -0.2) is 23.7 Å². The minimum Gasteiger partial charge on any atom is -0.367 e. The molecule has 7 heterocycles. The summed E-state index contributed by atoms with van der Waals surface area (Å²) < 4.78 is 27.3. The third-order valence-electron chi connectivity index (χ3n) is 7.63. The van der Waals surface area contributed by atoms with E-state index in [4.69, 9.17) is 4.98 Å². The summed E-state index contributed by atoms with van der Waals surface area (Å²) in [5, 5.41) is 8.35. The number of nitrogens with one attached hydrogen (secondary N) is 2. The molecule has 200 valence electrons. The molecular weight excluding hydrogens is 502 g/mol. The monoisotopic (exact) mass is 530 g/mol. The van der Waals surface area contributed by atoms with E-state index in [1.54, 1.807) is 23.5 Å². The maximum atomic E-state index is 13.6. The van der Waals surface area contributed by atoms with Crippen LogP contribution in [0, 0.1) is 0 Å². The standard InChI is InChI=1S/C27H28F2N10/c1-37-6-8-39(9-7-37)21-2-4-31-25-23(21)33-26(34-25)22-20-11-19(14-32-24(20)36-35-22)18-10-17(12-30-13-18)15-38-5-3-27(28,29)16-38/h2,4,10-14H,3,5-9,15-16H2,1H3,(H,31,33,34)(H,32,35,36). The van der Waals surface area contributed by atoms with Gasteiger partial charge in [-0.1, -0.05) is 0 Å². The van der Waals surface area contributed by atoms with Gasteiger partial charge in [0.1, 0.15) is 11.2 Å². The number of fused-ring (bicyclic) bond motifs is 2. The zero-order valence-electron chi connectivity index (χ0n) is 21.5. The lowest BCUT2D eigenvalue weighted by molar-refractivity contribution is 0.0115. The third kappa shape index (κ3) is 4.59. The number of likely N-dealkylation sites (tertiary alicyclic amines) is 1. The number of hydrogen-bond acceptors (Lipinski definition) is 8. The number of H-pyrrole nitrogens is 2. The van der Waals surface area contributed by atoms with Crippen molar-refractivity contribution in [2.24, 2.45) is 0 Å². The molecule has 0 aromatic carbocycles. The molecule has 2 N–H and O–H groups in total. The van der Waals surface area contributed by atoms with Gasteiger partial charge in [0, 0.05) is 81.6 Å². The van der Waals surface area contributed by atoms with Crippen LogP contribution in [-0.4, -0.2) is 97.2 Å². The molecule has 2 saturated heterocycles. The molecule has 12 heteroatoms. The number of rotatable bonds is 5. The minimum atomic E-state index is -2.62. The molecule has 5 aromatic heterocycles. The van der Waals surface area contributed by atoms with Crippen LogP contribution in [0.5, 0.6) is 0 Å². The Bertz CT molecular complexity index is 1650. The van der Waals surface area contributed by atoms with Crippen LogP contribution >= 0.6 is 0 Å². The van der Waals surface area contributed by atoms with Crippen LogP contribution in [0.15, 0.2) is 43.0 Å². The Labute approximate surface area is 223 Å². The van der Waals surface area contributed by atoms with Crippen LogP contribution in [0.3, 0.4) is 0 Å². The Balaban J connectivity index is 1.21. The summed E-state index contributed by atoms with van der Waals surface area (Å²) >= 11 is 0. The first-order valence-corrected chi connectivity index (χ1v) is 13.1. The Morgan fingerprint density at radius 2 is 1.82 bits per heavy atom. The molecule has 10 nitrogen and oxygen atoms in total. The fourth-order valence-electron chi connectivity index (χ4n) is 5.49. The summed E-state index contributed by atoms with van der Waals surface area (Å²) in [6.07, 6.45) is 6.97. The van der Waals surface area contributed by atoms with Gasteiger partial charge in [-0.15, -0.1) is 0 Å². The predicted molar refractivity (Wildman–Crippen MR) is 145 cm³/mol. The molecule has 0 saturated carbocycles. The van der Waals surface area contributed by atoms with E-state index in [1.807, 2.05) is 24.4 Å². The van der Waals surface area contributed by atoms with Gasteiger partial charge in [-0.2, -0.15) is 5.10 Å². The van der Waals surface area contributed by atoms with Gasteiger partial charge >= 0.3 is 0 Å². The van der Waals surface area contributed by atoms with Crippen molar-refractivity contribution in [2.45, 2.75) is 18.9 Å². The van der Waals surface area contributed by atoms with Crippen molar-refractivity contribution in [3.8, 4) is 22.6 Å². The number of piperazine rings is 1. The summed E-state index contributed by atoms with van der Waals surface area (Å²) in [4.78, 5) is 28.2. The number of imidazole rings is 1. The second-order valence-corrected chi connectivity index (χ2v) is 10.5.